The van der Waals surface area contributed by atoms with Crippen molar-refractivity contribution in [3.63, 3.8) is 0 Å². The highest BCUT2D eigenvalue weighted by Gasteiger charge is 2.37. The Morgan fingerprint density at radius 2 is 1.88 bits per heavy atom. The van der Waals surface area contributed by atoms with Crippen molar-refractivity contribution < 1.29 is 14.7 Å². The van der Waals surface area contributed by atoms with Crippen LogP contribution in [0.1, 0.15) is 34.1 Å². The normalized spacial score (nSPS) is 26.3. The van der Waals surface area contributed by atoms with Crippen LogP contribution in [0.25, 0.3) is 0 Å². The van der Waals surface area contributed by atoms with Crippen molar-refractivity contribution in [1.82, 2.24) is 4.90 Å². The number of hydrogen-bond donors (Lipinski definition) is 1. The Morgan fingerprint density at radius 1 is 1.29 bits per heavy atom. The molecule has 0 aromatic heterocycles. The minimum Gasteiger partial charge on any atom is -0.481 e. The van der Waals surface area contributed by atoms with Crippen LogP contribution in [0.5, 0.6) is 0 Å². The molecular formula is C13H23NO3. The number of carbonyl (C=O) groups excluding carboxylic acids is 1. The number of nitrogens with zero attached hydrogens (tertiary/aromatic N) is 1. The zero-order valence-corrected chi connectivity index (χ0v) is 11.1. The van der Waals surface area contributed by atoms with Gasteiger partial charge < -0.3 is 10.0 Å². The van der Waals surface area contributed by atoms with Crippen molar-refractivity contribution in [2.75, 3.05) is 13.1 Å². The van der Waals surface area contributed by atoms with Gasteiger partial charge in [-0.05, 0) is 17.8 Å². The van der Waals surface area contributed by atoms with Crippen LogP contribution in [0, 0.1) is 23.7 Å². The fourth-order valence-electron chi connectivity index (χ4n) is 2.13. The molecule has 4 nitrogen and oxygen atoms in total. The number of carboxylic acids is 1. The molecule has 1 saturated heterocycles. The van der Waals surface area contributed by atoms with E-state index in [2.05, 4.69) is 20.8 Å². The lowest BCUT2D eigenvalue weighted by Gasteiger charge is -2.20. The van der Waals surface area contributed by atoms with E-state index in [1.54, 1.807) is 4.90 Å². The zero-order valence-electron chi connectivity index (χ0n) is 11.1. The number of carboxylic acid groups (broad SMARTS) is 1. The van der Waals surface area contributed by atoms with E-state index in [9.17, 15) is 9.59 Å². The molecular weight excluding hydrogens is 218 g/mol. The van der Waals surface area contributed by atoms with Crippen molar-refractivity contribution in [3.8, 4) is 0 Å². The summed E-state index contributed by atoms with van der Waals surface area (Å²) < 4.78 is 0. The maximum Gasteiger partial charge on any atom is 0.308 e. The van der Waals surface area contributed by atoms with Crippen LogP contribution in [0.3, 0.4) is 0 Å². The third kappa shape index (κ3) is 3.45. The molecule has 17 heavy (non-hydrogen) atoms. The van der Waals surface area contributed by atoms with Crippen LogP contribution in [-0.2, 0) is 9.59 Å². The topological polar surface area (TPSA) is 57.6 Å². The molecule has 3 atom stereocenters. The van der Waals surface area contributed by atoms with Gasteiger partial charge in [0, 0.05) is 19.5 Å². The molecule has 1 aliphatic rings. The smallest absolute Gasteiger partial charge is 0.308 e. The van der Waals surface area contributed by atoms with Crippen LogP contribution in [-0.4, -0.2) is 35.0 Å². The summed E-state index contributed by atoms with van der Waals surface area (Å²) in [4.78, 5) is 24.7. The largest absolute Gasteiger partial charge is 0.481 e. The van der Waals surface area contributed by atoms with Crippen LogP contribution in [0.4, 0.5) is 0 Å². The van der Waals surface area contributed by atoms with Crippen molar-refractivity contribution in [2.45, 2.75) is 34.1 Å². The predicted molar refractivity (Wildman–Crippen MR) is 65.5 cm³/mol. The van der Waals surface area contributed by atoms with Gasteiger partial charge in [0.15, 0.2) is 0 Å². The Bertz CT molecular complexity index is 301. The number of amides is 1. The SMILES string of the molecule is CC(C)C(C)CC(=O)N1C[C@@H](C)[C@H](C(=O)O)C1. The molecule has 1 rings (SSSR count). The second-order valence-corrected chi connectivity index (χ2v) is 5.65. The van der Waals surface area contributed by atoms with E-state index in [-0.39, 0.29) is 11.8 Å². The maximum atomic E-state index is 12.0. The fourth-order valence-corrected chi connectivity index (χ4v) is 2.13. The summed E-state index contributed by atoms with van der Waals surface area (Å²) in [6.45, 7) is 9.13. The molecule has 1 fully saturated rings. The van der Waals surface area contributed by atoms with Gasteiger partial charge in [-0.3, -0.25) is 9.59 Å². The van der Waals surface area contributed by atoms with Gasteiger partial charge in [-0.15, -0.1) is 0 Å². The van der Waals surface area contributed by atoms with E-state index >= 15 is 0 Å². The molecule has 0 aliphatic carbocycles. The molecule has 1 aliphatic heterocycles. The molecule has 0 bridgehead atoms. The zero-order chi connectivity index (χ0) is 13.2. The second-order valence-electron chi connectivity index (χ2n) is 5.65. The fraction of sp³-hybridized carbons (Fsp3) is 0.846. The van der Waals surface area contributed by atoms with Crippen LogP contribution in [0.2, 0.25) is 0 Å². The first kappa shape index (κ1) is 14.0. The molecule has 4 heteroatoms. The lowest BCUT2D eigenvalue weighted by atomic mass is 9.94. The van der Waals surface area contributed by atoms with Gasteiger partial charge in [0.2, 0.25) is 5.91 Å². The Hall–Kier alpha value is -1.06. The van der Waals surface area contributed by atoms with E-state index in [1.165, 1.54) is 0 Å². The van der Waals surface area contributed by atoms with Gasteiger partial charge in [-0.25, -0.2) is 0 Å². The molecule has 1 N–H and O–H groups in total. The summed E-state index contributed by atoms with van der Waals surface area (Å²) in [6, 6.07) is 0. The Morgan fingerprint density at radius 3 is 2.29 bits per heavy atom. The molecule has 1 unspecified atom stereocenters. The summed E-state index contributed by atoms with van der Waals surface area (Å²) in [6.07, 6.45) is 0.525. The number of carbonyl (C=O) groups is 2. The van der Waals surface area contributed by atoms with Gasteiger partial charge >= 0.3 is 5.97 Å². The van der Waals surface area contributed by atoms with Crippen molar-refractivity contribution >= 4 is 11.9 Å². The summed E-state index contributed by atoms with van der Waals surface area (Å²) in [5.41, 5.74) is 0. The van der Waals surface area contributed by atoms with E-state index in [0.717, 1.165) is 0 Å². The van der Waals surface area contributed by atoms with E-state index < -0.39 is 11.9 Å². The molecule has 0 spiro atoms. The average Bonchev–Trinajstić information content (AvgIpc) is 2.60. The van der Waals surface area contributed by atoms with Crippen molar-refractivity contribution in [1.29, 1.82) is 0 Å². The summed E-state index contributed by atoms with van der Waals surface area (Å²) >= 11 is 0. The van der Waals surface area contributed by atoms with E-state index in [0.29, 0.717) is 31.3 Å². The van der Waals surface area contributed by atoms with E-state index in [4.69, 9.17) is 5.11 Å². The monoisotopic (exact) mass is 241 g/mol. The molecule has 0 radical (unpaired) electrons. The minimum atomic E-state index is -0.787. The van der Waals surface area contributed by atoms with Gasteiger partial charge in [0.05, 0.1) is 5.92 Å². The Labute approximate surface area is 103 Å². The standard InChI is InChI=1S/C13H23NO3/c1-8(2)9(3)5-12(15)14-6-10(4)11(7-14)13(16)17/h8-11H,5-7H2,1-4H3,(H,16,17)/t9?,10-,11-/m1/s1. The average molecular weight is 241 g/mol. The highest BCUT2D eigenvalue weighted by atomic mass is 16.4. The van der Waals surface area contributed by atoms with E-state index in [1.807, 2.05) is 6.92 Å². The van der Waals surface area contributed by atoms with Gasteiger partial charge in [0.25, 0.3) is 0 Å². The van der Waals surface area contributed by atoms with Crippen LogP contribution in [0.15, 0.2) is 0 Å². The molecule has 0 saturated carbocycles. The van der Waals surface area contributed by atoms with Gasteiger partial charge in [0.1, 0.15) is 0 Å². The van der Waals surface area contributed by atoms with Crippen molar-refractivity contribution in [3.05, 3.63) is 0 Å². The molecule has 0 aromatic carbocycles. The highest BCUT2D eigenvalue weighted by molar-refractivity contribution is 5.79. The third-order valence-electron chi connectivity index (χ3n) is 3.92. The first-order valence-electron chi connectivity index (χ1n) is 6.33. The van der Waals surface area contributed by atoms with Gasteiger partial charge in [-0.2, -0.15) is 0 Å². The van der Waals surface area contributed by atoms with Crippen LogP contribution >= 0.6 is 0 Å². The summed E-state index contributed by atoms with van der Waals surface area (Å²) in [5, 5.41) is 9.02. The lowest BCUT2D eigenvalue weighted by molar-refractivity contribution is -0.142. The molecule has 1 amide bonds. The summed E-state index contributed by atoms with van der Waals surface area (Å²) in [7, 11) is 0. The molecule has 1 heterocycles. The Kier molecular flexibility index (Phi) is 4.54. The first-order chi connectivity index (χ1) is 7.82. The molecule has 0 aromatic rings. The van der Waals surface area contributed by atoms with Gasteiger partial charge in [-0.1, -0.05) is 27.7 Å². The quantitative estimate of drug-likeness (QED) is 0.817. The number of rotatable bonds is 4. The van der Waals surface area contributed by atoms with Crippen molar-refractivity contribution in [2.24, 2.45) is 23.7 Å². The van der Waals surface area contributed by atoms with Crippen LogP contribution < -0.4 is 0 Å². The first-order valence-corrected chi connectivity index (χ1v) is 6.33. The summed E-state index contributed by atoms with van der Waals surface area (Å²) in [5.74, 6) is -0.193. The predicted octanol–water partition coefficient (Wildman–Crippen LogP) is 1.85. The molecule has 98 valence electrons. The number of likely N-dealkylation sites (tertiary alicyclic amines) is 1. The highest BCUT2D eigenvalue weighted by Crippen LogP contribution is 2.25. The second kappa shape index (κ2) is 5.52. The lowest BCUT2D eigenvalue weighted by Crippen LogP contribution is -2.31. The Balaban J connectivity index is 2.53. The number of hydrogen-bond acceptors (Lipinski definition) is 2. The maximum absolute atomic E-state index is 12.0. The minimum absolute atomic E-state index is 0.0609. The third-order valence-corrected chi connectivity index (χ3v) is 3.92. The number of aliphatic carboxylic acids is 1.